The van der Waals surface area contributed by atoms with Gasteiger partial charge >= 0.3 is 0 Å². The van der Waals surface area contributed by atoms with Gasteiger partial charge in [-0.25, -0.2) is 9.97 Å². The van der Waals surface area contributed by atoms with Crippen molar-refractivity contribution in [2.24, 2.45) is 7.05 Å². The van der Waals surface area contributed by atoms with Gasteiger partial charge in [-0.2, -0.15) is 9.61 Å². The van der Waals surface area contributed by atoms with E-state index >= 15 is 0 Å². The smallest absolute Gasteiger partial charge is 0.157 e. The van der Waals surface area contributed by atoms with Crippen LogP contribution in [0.3, 0.4) is 0 Å². The maximum absolute atomic E-state index is 4.71. The van der Waals surface area contributed by atoms with Crippen molar-refractivity contribution in [3.05, 3.63) is 42.2 Å². The molecular weight excluding hydrogens is 314 g/mol. The van der Waals surface area contributed by atoms with E-state index in [0.717, 1.165) is 68.5 Å². The third-order valence-corrected chi connectivity index (χ3v) is 4.88. The van der Waals surface area contributed by atoms with Gasteiger partial charge in [0.25, 0.3) is 0 Å². The Morgan fingerprint density at radius 3 is 2.68 bits per heavy atom. The second-order valence-electron chi connectivity index (χ2n) is 6.67. The summed E-state index contributed by atoms with van der Waals surface area (Å²) in [5.74, 6) is 2.28. The molecule has 1 saturated heterocycles. The molecule has 0 unspecified atom stereocenters. The molecule has 0 aromatic carbocycles. The number of piperazine rings is 1. The Morgan fingerprint density at radius 2 is 1.96 bits per heavy atom. The van der Waals surface area contributed by atoms with Crippen LogP contribution < -0.4 is 4.90 Å². The van der Waals surface area contributed by atoms with Gasteiger partial charge in [-0.05, 0) is 6.42 Å². The van der Waals surface area contributed by atoms with E-state index < -0.39 is 0 Å². The standard InChI is InChI=1S/C18H25N7/c1-3-4-15-13-18(25-16(21-15)5-6-20-25)24-11-9-23(10-12-24)14-17-19-7-8-22(17)2/h5-8,13H,3-4,9-12,14H2,1-2H3. The van der Waals surface area contributed by atoms with Gasteiger partial charge in [0.05, 0.1) is 12.7 Å². The van der Waals surface area contributed by atoms with Crippen molar-refractivity contribution >= 4 is 11.5 Å². The van der Waals surface area contributed by atoms with Crippen molar-refractivity contribution in [1.29, 1.82) is 0 Å². The predicted molar refractivity (Wildman–Crippen MR) is 97.7 cm³/mol. The fraction of sp³-hybridized carbons (Fsp3) is 0.500. The maximum Gasteiger partial charge on any atom is 0.157 e. The highest BCUT2D eigenvalue weighted by Gasteiger charge is 2.21. The van der Waals surface area contributed by atoms with Crippen LogP contribution in [-0.4, -0.2) is 55.2 Å². The van der Waals surface area contributed by atoms with Crippen molar-refractivity contribution in [3.8, 4) is 0 Å². The first-order chi connectivity index (χ1) is 12.2. The highest BCUT2D eigenvalue weighted by atomic mass is 15.4. The summed E-state index contributed by atoms with van der Waals surface area (Å²) >= 11 is 0. The fourth-order valence-corrected chi connectivity index (χ4v) is 3.44. The average Bonchev–Trinajstić information content (AvgIpc) is 3.24. The highest BCUT2D eigenvalue weighted by molar-refractivity contribution is 5.51. The van der Waals surface area contributed by atoms with Gasteiger partial charge in [-0.3, -0.25) is 4.90 Å². The first-order valence-corrected chi connectivity index (χ1v) is 9.02. The molecule has 1 aliphatic heterocycles. The van der Waals surface area contributed by atoms with Crippen molar-refractivity contribution in [1.82, 2.24) is 29.0 Å². The van der Waals surface area contributed by atoms with Crippen LogP contribution >= 0.6 is 0 Å². The monoisotopic (exact) mass is 339 g/mol. The third-order valence-electron chi connectivity index (χ3n) is 4.88. The first kappa shape index (κ1) is 16.1. The molecule has 4 heterocycles. The second-order valence-corrected chi connectivity index (χ2v) is 6.67. The number of aromatic nitrogens is 5. The molecule has 0 aliphatic carbocycles. The van der Waals surface area contributed by atoms with E-state index in [2.05, 4.69) is 44.5 Å². The summed E-state index contributed by atoms with van der Waals surface area (Å²) < 4.78 is 4.06. The fourth-order valence-electron chi connectivity index (χ4n) is 3.44. The molecule has 132 valence electrons. The molecular formula is C18H25N7. The minimum absolute atomic E-state index is 0.909. The second kappa shape index (κ2) is 6.84. The molecule has 25 heavy (non-hydrogen) atoms. The number of hydrogen-bond acceptors (Lipinski definition) is 5. The van der Waals surface area contributed by atoms with Crippen molar-refractivity contribution < 1.29 is 0 Å². The van der Waals surface area contributed by atoms with Crippen LogP contribution in [0.1, 0.15) is 24.9 Å². The SMILES string of the molecule is CCCc1cc(N2CCN(Cc3nccn3C)CC2)n2nccc2n1. The summed E-state index contributed by atoms with van der Waals surface area (Å²) in [6.45, 7) is 7.15. The predicted octanol–water partition coefficient (Wildman–Crippen LogP) is 1.74. The normalized spacial score (nSPS) is 16.0. The van der Waals surface area contributed by atoms with Crippen LogP contribution in [0.25, 0.3) is 5.65 Å². The van der Waals surface area contributed by atoms with Crippen LogP contribution in [0, 0.1) is 0 Å². The Balaban J connectivity index is 1.49. The molecule has 7 nitrogen and oxygen atoms in total. The molecule has 0 bridgehead atoms. The van der Waals surface area contributed by atoms with Gasteiger partial charge in [0.15, 0.2) is 5.65 Å². The number of rotatable bonds is 5. The molecule has 7 heteroatoms. The molecule has 4 rings (SSSR count). The van der Waals surface area contributed by atoms with Gasteiger partial charge in [0.2, 0.25) is 0 Å². The molecule has 0 amide bonds. The first-order valence-electron chi connectivity index (χ1n) is 9.02. The average molecular weight is 339 g/mol. The quantitative estimate of drug-likeness (QED) is 0.709. The molecule has 0 spiro atoms. The van der Waals surface area contributed by atoms with E-state index in [1.54, 1.807) is 0 Å². The zero-order valence-electron chi connectivity index (χ0n) is 15.0. The Kier molecular flexibility index (Phi) is 4.40. The molecule has 1 fully saturated rings. The topological polar surface area (TPSA) is 54.5 Å². The summed E-state index contributed by atoms with van der Waals surface area (Å²) in [6.07, 6.45) is 7.82. The summed E-state index contributed by atoms with van der Waals surface area (Å²) in [6, 6.07) is 4.19. The van der Waals surface area contributed by atoms with Gasteiger partial charge in [0, 0.05) is 63.4 Å². The lowest BCUT2D eigenvalue weighted by Gasteiger charge is -2.35. The zero-order valence-corrected chi connectivity index (χ0v) is 15.0. The van der Waals surface area contributed by atoms with E-state index in [9.17, 15) is 0 Å². The van der Waals surface area contributed by atoms with Crippen molar-refractivity contribution in [2.45, 2.75) is 26.3 Å². The lowest BCUT2D eigenvalue weighted by Crippen LogP contribution is -2.46. The van der Waals surface area contributed by atoms with E-state index in [1.165, 1.54) is 0 Å². The Morgan fingerprint density at radius 1 is 1.12 bits per heavy atom. The molecule has 1 aliphatic rings. The molecule has 3 aromatic rings. The molecule has 0 atom stereocenters. The van der Waals surface area contributed by atoms with E-state index in [4.69, 9.17) is 4.98 Å². The lowest BCUT2D eigenvalue weighted by atomic mass is 10.2. The van der Waals surface area contributed by atoms with Crippen LogP contribution in [0.5, 0.6) is 0 Å². The number of imidazole rings is 1. The third kappa shape index (κ3) is 3.24. The Bertz CT molecular complexity index is 842. The zero-order chi connectivity index (χ0) is 17.2. The summed E-state index contributed by atoms with van der Waals surface area (Å²) in [5.41, 5.74) is 2.09. The van der Waals surface area contributed by atoms with Crippen LogP contribution in [0.2, 0.25) is 0 Å². The minimum atomic E-state index is 0.909. The summed E-state index contributed by atoms with van der Waals surface area (Å²) in [4.78, 5) is 14.0. The minimum Gasteiger partial charge on any atom is -0.354 e. The summed E-state index contributed by atoms with van der Waals surface area (Å²) in [7, 11) is 2.05. The van der Waals surface area contributed by atoms with Gasteiger partial charge < -0.3 is 9.47 Å². The largest absolute Gasteiger partial charge is 0.354 e. The van der Waals surface area contributed by atoms with Crippen LogP contribution in [0.15, 0.2) is 30.7 Å². The van der Waals surface area contributed by atoms with Gasteiger partial charge in [-0.15, -0.1) is 0 Å². The van der Waals surface area contributed by atoms with E-state index in [1.807, 2.05) is 29.2 Å². The number of anilines is 1. The van der Waals surface area contributed by atoms with Crippen LogP contribution in [-0.2, 0) is 20.0 Å². The maximum atomic E-state index is 4.71. The summed E-state index contributed by atoms with van der Waals surface area (Å²) in [5, 5.41) is 4.47. The lowest BCUT2D eigenvalue weighted by molar-refractivity contribution is 0.241. The van der Waals surface area contributed by atoms with Gasteiger partial charge in [-0.1, -0.05) is 13.3 Å². The molecule has 0 radical (unpaired) electrons. The molecule has 3 aromatic heterocycles. The highest BCUT2D eigenvalue weighted by Crippen LogP contribution is 2.20. The Labute approximate surface area is 147 Å². The van der Waals surface area contributed by atoms with Crippen molar-refractivity contribution in [3.63, 3.8) is 0 Å². The van der Waals surface area contributed by atoms with E-state index in [-0.39, 0.29) is 0 Å². The number of fused-ring (bicyclic) bond motifs is 1. The van der Waals surface area contributed by atoms with Gasteiger partial charge in [0.1, 0.15) is 11.6 Å². The number of nitrogens with zero attached hydrogens (tertiary/aromatic N) is 7. The van der Waals surface area contributed by atoms with Crippen molar-refractivity contribution in [2.75, 3.05) is 31.1 Å². The van der Waals surface area contributed by atoms with Crippen LogP contribution in [0.4, 0.5) is 5.82 Å². The number of hydrogen-bond donors (Lipinski definition) is 0. The Hall–Kier alpha value is -2.41. The molecule has 0 saturated carbocycles. The molecule has 0 N–H and O–H groups in total. The van der Waals surface area contributed by atoms with E-state index in [0.29, 0.717) is 0 Å². The number of aryl methyl sites for hydroxylation is 2.